The van der Waals surface area contributed by atoms with Crippen molar-refractivity contribution in [1.29, 1.82) is 0 Å². The summed E-state index contributed by atoms with van der Waals surface area (Å²) < 4.78 is 5.40. The number of esters is 1. The Morgan fingerprint density at radius 1 is 1.41 bits per heavy atom. The molecular weight excluding hydrogens is 216 g/mol. The van der Waals surface area contributed by atoms with Crippen LogP contribution in [0.4, 0.5) is 0 Å². The number of hydrogen-bond acceptors (Lipinski definition) is 4. The molecule has 1 fully saturated rings. The lowest BCUT2D eigenvalue weighted by Crippen LogP contribution is -2.25. The molecule has 0 radical (unpaired) electrons. The number of carbonyl (C=O) groups is 1. The largest absolute Gasteiger partial charge is 0.460 e. The summed E-state index contributed by atoms with van der Waals surface area (Å²) in [5, 5.41) is 0. The summed E-state index contributed by atoms with van der Waals surface area (Å²) in [5.41, 5.74) is 0.513. The molecule has 1 heterocycles. The van der Waals surface area contributed by atoms with E-state index in [0.717, 1.165) is 5.69 Å². The zero-order valence-electron chi connectivity index (χ0n) is 10.7. The molecule has 17 heavy (non-hydrogen) atoms. The van der Waals surface area contributed by atoms with Gasteiger partial charge in [-0.15, -0.1) is 0 Å². The normalized spacial score (nSPS) is 27.6. The van der Waals surface area contributed by atoms with Crippen molar-refractivity contribution in [3.05, 3.63) is 24.3 Å². The number of rotatable bonds is 2. The minimum Gasteiger partial charge on any atom is -0.460 e. The molecule has 4 nitrogen and oxygen atoms in total. The fourth-order valence-corrected chi connectivity index (χ4v) is 2.15. The van der Waals surface area contributed by atoms with E-state index in [9.17, 15) is 4.79 Å². The van der Waals surface area contributed by atoms with Gasteiger partial charge in [-0.3, -0.25) is 4.79 Å². The van der Waals surface area contributed by atoms with Crippen molar-refractivity contribution >= 4 is 5.97 Å². The number of ether oxygens (including phenoxy) is 1. The first-order valence-electron chi connectivity index (χ1n) is 5.89. The van der Waals surface area contributed by atoms with E-state index in [0.29, 0.717) is 5.92 Å². The average molecular weight is 234 g/mol. The molecule has 0 amide bonds. The fraction of sp³-hybridized carbons (Fsp3) is 0.615. The van der Waals surface area contributed by atoms with Crippen LogP contribution in [0, 0.1) is 11.8 Å². The van der Waals surface area contributed by atoms with Gasteiger partial charge in [0.15, 0.2) is 0 Å². The van der Waals surface area contributed by atoms with Gasteiger partial charge in [0.25, 0.3) is 0 Å². The van der Waals surface area contributed by atoms with E-state index in [1.165, 1.54) is 6.33 Å². The van der Waals surface area contributed by atoms with Crippen LogP contribution in [0.25, 0.3) is 0 Å². The Bertz CT molecular complexity index is 411. The van der Waals surface area contributed by atoms with E-state index < -0.39 is 5.60 Å². The van der Waals surface area contributed by atoms with Crippen molar-refractivity contribution in [3.63, 3.8) is 0 Å². The van der Waals surface area contributed by atoms with Gasteiger partial charge in [-0.1, -0.05) is 6.92 Å². The van der Waals surface area contributed by atoms with Crippen LogP contribution in [-0.4, -0.2) is 21.5 Å². The molecule has 0 spiro atoms. The highest BCUT2D eigenvalue weighted by molar-refractivity contribution is 5.78. The molecule has 1 aromatic heterocycles. The smallest absolute Gasteiger partial charge is 0.310 e. The third-order valence-electron chi connectivity index (χ3n) is 3.00. The molecule has 3 atom stereocenters. The Hall–Kier alpha value is -1.45. The maximum atomic E-state index is 11.9. The molecule has 2 rings (SSSR count). The van der Waals surface area contributed by atoms with E-state index in [4.69, 9.17) is 4.74 Å². The van der Waals surface area contributed by atoms with Crippen LogP contribution in [-0.2, 0) is 9.53 Å². The Morgan fingerprint density at radius 3 is 2.65 bits per heavy atom. The van der Waals surface area contributed by atoms with Crippen molar-refractivity contribution in [3.8, 4) is 0 Å². The number of nitrogens with zero attached hydrogens (tertiary/aromatic N) is 2. The molecule has 1 aliphatic rings. The Balaban J connectivity index is 2.04. The summed E-state index contributed by atoms with van der Waals surface area (Å²) >= 11 is 0. The van der Waals surface area contributed by atoms with E-state index in [-0.39, 0.29) is 17.8 Å². The monoisotopic (exact) mass is 234 g/mol. The Kier molecular flexibility index (Phi) is 2.89. The van der Waals surface area contributed by atoms with Gasteiger partial charge >= 0.3 is 5.97 Å². The van der Waals surface area contributed by atoms with Gasteiger partial charge in [-0.25, -0.2) is 9.97 Å². The molecule has 0 aromatic carbocycles. The first-order chi connectivity index (χ1) is 7.90. The summed E-state index contributed by atoms with van der Waals surface area (Å²) in [5.74, 6) is 0.324. The molecule has 92 valence electrons. The lowest BCUT2D eigenvalue weighted by atomic mass is 10.2. The van der Waals surface area contributed by atoms with Gasteiger partial charge < -0.3 is 4.74 Å². The summed E-state index contributed by atoms with van der Waals surface area (Å²) in [7, 11) is 0. The number of hydrogen-bond donors (Lipinski definition) is 0. The number of carbonyl (C=O) groups excluding carboxylic acids is 1. The second-order valence-electron chi connectivity index (χ2n) is 5.58. The van der Waals surface area contributed by atoms with Gasteiger partial charge in [-0.05, 0) is 32.8 Å². The van der Waals surface area contributed by atoms with Crippen LogP contribution in [0.15, 0.2) is 18.6 Å². The van der Waals surface area contributed by atoms with Gasteiger partial charge in [0, 0.05) is 17.8 Å². The molecular formula is C13H18N2O2. The summed E-state index contributed by atoms with van der Waals surface area (Å²) in [6.07, 6.45) is 3.23. The summed E-state index contributed by atoms with van der Waals surface area (Å²) in [6, 6.07) is 1.87. The van der Waals surface area contributed by atoms with Crippen LogP contribution in [0.2, 0.25) is 0 Å². The molecule has 1 unspecified atom stereocenters. The highest BCUT2D eigenvalue weighted by atomic mass is 16.6. The lowest BCUT2D eigenvalue weighted by molar-refractivity contribution is -0.156. The van der Waals surface area contributed by atoms with Crippen LogP contribution in [0.5, 0.6) is 0 Å². The van der Waals surface area contributed by atoms with Gasteiger partial charge in [0.05, 0.1) is 5.92 Å². The van der Waals surface area contributed by atoms with Crippen LogP contribution < -0.4 is 0 Å². The third-order valence-corrected chi connectivity index (χ3v) is 3.00. The van der Waals surface area contributed by atoms with Crippen LogP contribution in [0.1, 0.15) is 39.3 Å². The van der Waals surface area contributed by atoms with Gasteiger partial charge in [0.2, 0.25) is 0 Å². The van der Waals surface area contributed by atoms with Crippen molar-refractivity contribution in [2.75, 3.05) is 0 Å². The highest BCUT2D eigenvalue weighted by Gasteiger charge is 2.54. The van der Waals surface area contributed by atoms with Crippen molar-refractivity contribution in [2.45, 2.75) is 39.2 Å². The first-order valence-corrected chi connectivity index (χ1v) is 5.89. The van der Waals surface area contributed by atoms with E-state index in [1.807, 2.05) is 26.8 Å². The molecule has 1 aliphatic carbocycles. The quantitative estimate of drug-likeness (QED) is 0.736. The zero-order valence-corrected chi connectivity index (χ0v) is 10.7. The number of aromatic nitrogens is 2. The SMILES string of the molecule is C[C@H]1C(c2ccncn2)[C@H]1C(=O)OC(C)(C)C. The summed E-state index contributed by atoms with van der Waals surface area (Å²) in [4.78, 5) is 20.0. The second-order valence-corrected chi connectivity index (χ2v) is 5.58. The Morgan fingerprint density at radius 2 is 2.12 bits per heavy atom. The van der Waals surface area contributed by atoms with Gasteiger partial charge in [0.1, 0.15) is 11.9 Å². The van der Waals surface area contributed by atoms with Crippen molar-refractivity contribution < 1.29 is 9.53 Å². The molecule has 0 aliphatic heterocycles. The minimum absolute atomic E-state index is 0.0517. The molecule has 0 saturated heterocycles. The van der Waals surface area contributed by atoms with Crippen molar-refractivity contribution in [1.82, 2.24) is 9.97 Å². The van der Waals surface area contributed by atoms with Crippen molar-refractivity contribution in [2.24, 2.45) is 11.8 Å². The molecule has 0 N–H and O–H groups in total. The highest BCUT2D eigenvalue weighted by Crippen LogP contribution is 2.53. The average Bonchev–Trinajstić information content (AvgIpc) is 2.89. The minimum atomic E-state index is -0.421. The predicted octanol–water partition coefficient (Wildman–Crippen LogP) is 2.17. The second kappa shape index (κ2) is 4.09. The lowest BCUT2D eigenvalue weighted by Gasteiger charge is -2.19. The molecule has 1 aromatic rings. The van der Waals surface area contributed by atoms with Crippen LogP contribution in [0.3, 0.4) is 0 Å². The molecule has 0 bridgehead atoms. The molecule has 4 heteroatoms. The van der Waals surface area contributed by atoms with E-state index >= 15 is 0 Å². The van der Waals surface area contributed by atoms with Gasteiger partial charge in [-0.2, -0.15) is 0 Å². The summed E-state index contributed by atoms with van der Waals surface area (Å²) in [6.45, 7) is 7.72. The van der Waals surface area contributed by atoms with E-state index in [1.54, 1.807) is 6.20 Å². The third kappa shape index (κ3) is 2.62. The maximum Gasteiger partial charge on any atom is 0.310 e. The predicted molar refractivity (Wildman–Crippen MR) is 63.3 cm³/mol. The first kappa shape index (κ1) is 12.0. The topological polar surface area (TPSA) is 52.1 Å². The zero-order chi connectivity index (χ0) is 12.6. The molecule has 1 saturated carbocycles. The maximum absolute atomic E-state index is 11.9. The fourth-order valence-electron chi connectivity index (χ4n) is 2.15. The van der Waals surface area contributed by atoms with E-state index in [2.05, 4.69) is 16.9 Å². The standard InChI is InChI=1S/C13H18N2O2/c1-8-10(9-5-6-14-7-15-9)11(8)12(16)17-13(2,3)4/h5-8,10-11H,1-4H3/t8-,10?,11-/m0/s1. The van der Waals surface area contributed by atoms with Crippen LogP contribution >= 0.6 is 0 Å². The Labute approximate surface area is 101 Å².